The number of benzene rings is 2. The number of pyridine rings is 1. The highest BCUT2D eigenvalue weighted by atomic mass is 79.9. The van der Waals surface area contributed by atoms with Gasteiger partial charge in [0, 0.05) is 45.6 Å². The van der Waals surface area contributed by atoms with Crippen molar-refractivity contribution in [1.82, 2.24) is 4.98 Å². The van der Waals surface area contributed by atoms with Gasteiger partial charge in [0.05, 0.1) is 0 Å². The van der Waals surface area contributed by atoms with Crippen molar-refractivity contribution < 1.29 is 0 Å². The second-order valence-corrected chi connectivity index (χ2v) is 5.42. The van der Waals surface area contributed by atoms with Crippen LogP contribution < -0.4 is 11.1 Å². The van der Waals surface area contributed by atoms with Crippen LogP contribution in [0.4, 0.5) is 11.4 Å². The van der Waals surface area contributed by atoms with Crippen LogP contribution in [0.25, 0.3) is 10.8 Å². The van der Waals surface area contributed by atoms with Crippen LogP contribution in [0.1, 0.15) is 5.56 Å². The first-order chi connectivity index (χ1) is 9.75. The van der Waals surface area contributed by atoms with Crippen molar-refractivity contribution in [2.45, 2.75) is 6.54 Å². The molecule has 0 saturated heterocycles. The van der Waals surface area contributed by atoms with Crippen LogP contribution in [0.5, 0.6) is 0 Å². The minimum atomic E-state index is 0.750. The molecular weight excluding hydrogens is 314 g/mol. The maximum atomic E-state index is 5.98. The smallest absolute Gasteiger partial charge is 0.0425 e. The number of aromatic nitrogens is 1. The van der Waals surface area contributed by atoms with Gasteiger partial charge in [0.15, 0.2) is 0 Å². The lowest BCUT2D eigenvalue weighted by Gasteiger charge is -2.12. The summed E-state index contributed by atoms with van der Waals surface area (Å²) in [5.74, 6) is 0. The van der Waals surface area contributed by atoms with Gasteiger partial charge >= 0.3 is 0 Å². The number of rotatable bonds is 3. The standard InChI is InChI=1S/C16H14BrN3/c17-14-4-2-1-3-11(14)9-20-16-6-5-15(18)13-10-19-8-7-12(13)16/h1-8,10,20H,9,18H2. The normalized spacial score (nSPS) is 10.7. The lowest BCUT2D eigenvalue weighted by Crippen LogP contribution is -2.01. The Morgan fingerprint density at radius 3 is 2.75 bits per heavy atom. The second kappa shape index (κ2) is 5.51. The van der Waals surface area contributed by atoms with E-state index in [0.29, 0.717) is 0 Å². The Hall–Kier alpha value is -2.07. The molecule has 3 N–H and O–H groups in total. The molecule has 0 bridgehead atoms. The lowest BCUT2D eigenvalue weighted by molar-refractivity contribution is 1.14. The van der Waals surface area contributed by atoms with E-state index >= 15 is 0 Å². The average molecular weight is 328 g/mol. The van der Waals surface area contributed by atoms with E-state index in [1.165, 1.54) is 5.56 Å². The fraction of sp³-hybridized carbons (Fsp3) is 0.0625. The predicted molar refractivity (Wildman–Crippen MR) is 87.6 cm³/mol. The molecule has 3 nitrogen and oxygen atoms in total. The van der Waals surface area contributed by atoms with Gasteiger partial charge in [-0.15, -0.1) is 0 Å². The third-order valence-electron chi connectivity index (χ3n) is 3.28. The summed E-state index contributed by atoms with van der Waals surface area (Å²) >= 11 is 3.56. The molecule has 0 radical (unpaired) electrons. The van der Waals surface area contributed by atoms with Gasteiger partial charge in [-0.3, -0.25) is 4.98 Å². The molecule has 0 aliphatic carbocycles. The Labute approximate surface area is 126 Å². The van der Waals surface area contributed by atoms with Gasteiger partial charge in [0.2, 0.25) is 0 Å². The van der Waals surface area contributed by atoms with E-state index in [-0.39, 0.29) is 0 Å². The predicted octanol–water partition coefficient (Wildman–Crippen LogP) is 4.19. The van der Waals surface area contributed by atoms with Crippen LogP contribution in [0, 0.1) is 0 Å². The van der Waals surface area contributed by atoms with Gasteiger partial charge < -0.3 is 11.1 Å². The van der Waals surface area contributed by atoms with Gasteiger partial charge in [0.1, 0.15) is 0 Å². The fourth-order valence-electron chi connectivity index (χ4n) is 2.20. The number of anilines is 2. The number of hydrogen-bond acceptors (Lipinski definition) is 3. The van der Waals surface area contributed by atoms with Crippen LogP contribution in [0.2, 0.25) is 0 Å². The Balaban J connectivity index is 1.92. The van der Waals surface area contributed by atoms with E-state index < -0.39 is 0 Å². The zero-order valence-electron chi connectivity index (χ0n) is 10.8. The Kier molecular flexibility index (Phi) is 3.56. The zero-order valence-corrected chi connectivity index (χ0v) is 12.4. The van der Waals surface area contributed by atoms with E-state index in [1.807, 2.05) is 36.4 Å². The van der Waals surface area contributed by atoms with Crippen LogP contribution >= 0.6 is 15.9 Å². The first kappa shape index (κ1) is 12.9. The molecule has 4 heteroatoms. The number of nitrogens with two attached hydrogens (primary N) is 1. The SMILES string of the molecule is Nc1ccc(NCc2ccccc2Br)c2ccncc12. The highest BCUT2D eigenvalue weighted by Crippen LogP contribution is 2.28. The Bertz CT molecular complexity index is 756. The number of fused-ring (bicyclic) bond motifs is 1. The van der Waals surface area contributed by atoms with E-state index in [1.54, 1.807) is 12.4 Å². The Morgan fingerprint density at radius 2 is 1.90 bits per heavy atom. The third kappa shape index (κ3) is 2.47. The van der Waals surface area contributed by atoms with Crippen molar-refractivity contribution in [2.24, 2.45) is 0 Å². The van der Waals surface area contributed by atoms with E-state index in [0.717, 1.165) is 33.2 Å². The maximum absolute atomic E-state index is 5.98. The number of nitrogen functional groups attached to an aromatic ring is 1. The summed E-state index contributed by atoms with van der Waals surface area (Å²) in [4.78, 5) is 4.13. The summed E-state index contributed by atoms with van der Waals surface area (Å²) in [6.07, 6.45) is 3.58. The molecule has 3 aromatic rings. The summed E-state index contributed by atoms with van der Waals surface area (Å²) < 4.78 is 1.11. The van der Waals surface area contributed by atoms with Gasteiger partial charge in [-0.25, -0.2) is 0 Å². The molecule has 0 aliphatic rings. The molecule has 1 aromatic heterocycles. The monoisotopic (exact) mass is 327 g/mol. The molecule has 1 heterocycles. The number of halogens is 1. The third-order valence-corrected chi connectivity index (χ3v) is 4.05. The Morgan fingerprint density at radius 1 is 1.05 bits per heavy atom. The van der Waals surface area contributed by atoms with E-state index in [2.05, 4.69) is 32.3 Å². The summed E-state index contributed by atoms with van der Waals surface area (Å²) in [7, 11) is 0. The zero-order chi connectivity index (χ0) is 13.9. The van der Waals surface area contributed by atoms with Crippen LogP contribution in [-0.4, -0.2) is 4.98 Å². The minimum Gasteiger partial charge on any atom is -0.398 e. The van der Waals surface area contributed by atoms with Gasteiger partial charge in [-0.2, -0.15) is 0 Å². The molecule has 0 fully saturated rings. The molecular formula is C16H14BrN3. The largest absolute Gasteiger partial charge is 0.398 e. The quantitative estimate of drug-likeness (QED) is 0.709. The first-order valence-electron chi connectivity index (χ1n) is 6.35. The summed E-state index contributed by atoms with van der Waals surface area (Å²) in [6.45, 7) is 0.753. The van der Waals surface area contributed by atoms with Crippen LogP contribution in [-0.2, 0) is 6.54 Å². The molecule has 0 atom stereocenters. The van der Waals surface area contributed by atoms with Gasteiger partial charge in [0.25, 0.3) is 0 Å². The van der Waals surface area contributed by atoms with Crippen molar-refractivity contribution in [1.29, 1.82) is 0 Å². The molecule has 20 heavy (non-hydrogen) atoms. The van der Waals surface area contributed by atoms with Crippen molar-refractivity contribution in [2.75, 3.05) is 11.1 Å². The molecule has 0 aliphatic heterocycles. The highest BCUT2D eigenvalue weighted by Gasteiger charge is 2.04. The van der Waals surface area contributed by atoms with Crippen LogP contribution in [0.15, 0.2) is 59.3 Å². The van der Waals surface area contributed by atoms with E-state index in [9.17, 15) is 0 Å². The molecule has 0 spiro atoms. The fourth-order valence-corrected chi connectivity index (χ4v) is 2.62. The van der Waals surface area contributed by atoms with E-state index in [4.69, 9.17) is 5.73 Å². The van der Waals surface area contributed by atoms with Crippen molar-refractivity contribution >= 4 is 38.1 Å². The summed E-state index contributed by atoms with van der Waals surface area (Å²) in [5.41, 5.74) is 9.01. The highest BCUT2D eigenvalue weighted by molar-refractivity contribution is 9.10. The topological polar surface area (TPSA) is 50.9 Å². The number of nitrogens with one attached hydrogen (secondary N) is 1. The van der Waals surface area contributed by atoms with Crippen molar-refractivity contribution in [3.8, 4) is 0 Å². The number of hydrogen-bond donors (Lipinski definition) is 2. The summed E-state index contributed by atoms with van der Waals surface area (Å²) in [5, 5.41) is 5.53. The minimum absolute atomic E-state index is 0.750. The van der Waals surface area contributed by atoms with Gasteiger partial charge in [-0.05, 0) is 29.8 Å². The number of nitrogens with zero attached hydrogens (tertiary/aromatic N) is 1. The first-order valence-corrected chi connectivity index (χ1v) is 7.14. The molecule has 0 amide bonds. The average Bonchev–Trinajstić information content (AvgIpc) is 2.48. The molecule has 100 valence electrons. The molecule has 2 aromatic carbocycles. The van der Waals surface area contributed by atoms with Crippen molar-refractivity contribution in [3.05, 3.63) is 64.9 Å². The maximum Gasteiger partial charge on any atom is 0.0425 e. The summed E-state index contributed by atoms with van der Waals surface area (Å²) in [6, 6.07) is 14.1. The molecule has 0 saturated carbocycles. The second-order valence-electron chi connectivity index (χ2n) is 4.57. The van der Waals surface area contributed by atoms with Crippen molar-refractivity contribution in [3.63, 3.8) is 0 Å². The molecule has 0 unspecified atom stereocenters. The van der Waals surface area contributed by atoms with Gasteiger partial charge in [-0.1, -0.05) is 34.1 Å². The lowest BCUT2D eigenvalue weighted by atomic mass is 10.1. The van der Waals surface area contributed by atoms with Crippen LogP contribution in [0.3, 0.4) is 0 Å². The molecule has 3 rings (SSSR count).